The number of thioether (sulfide) groups is 1. The average molecular weight is 330 g/mol. The molecule has 1 aliphatic rings. The van der Waals surface area contributed by atoms with E-state index in [-0.39, 0.29) is 5.91 Å². The highest BCUT2D eigenvalue weighted by molar-refractivity contribution is 9.10. The number of halogens is 1. The SMILES string of the molecule is COc1ccc(C(=O)N2CCCSCC2)cc1Br. The van der Waals surface area contributed by atoms with Crippen molar-refractivity contribution in [3.05, 3.63) is 28.2 Å². The predicted octanol–water partition coefficient (Wildman–Crippen LogP) is 3.04. The van der Waals surface area contributed by atoms with E-state index < -0.39 is 0 Å². The Labute approximate surface area is 120 Å². The van der Waals surface area contributed by atoms with Crippen molar-refractivity contribution in [3.63, 3.8) is 0 Å². The quantitative estimate of drug-likeness (QED) is 0.835. The standard InChI is InChI=1S/C13H16BrNO2S/c1-17-12-4-3-10(9-11(12)14)13(16)15-5-2-7-18-8-6-15/h3-4,9H,2,5-8H2,1H3. The van der Waals surface area contributed by atoms with Gasteiger partial charge >= 0.3 is 0 Å². The Bertz CT molecular complexity index is 431. The summed E-state index contributed by atoms with van der Waals surface area (Å²) >= 11 is 5.33. The van der Waals surface area contributed by atoms with Crippen LogP contribution in [-0.2, 0) is 0 Å². The molecule has 0 N–H and O–H groups in total. The van der Waals surface area contributed by atoms with Gasteiger partial charge in [-0.15, -0.1) is 0 Å². The Morgan fingerprint density at radius 2 is 2.22 bits per heavy atom. The van der Waals surface area contributed by atoms with E-state index in [1.54, 1.807) is 7.11 Å². The van der Waals surface area contributed by atoms with E-state index in [1.807, 2.05) is 34.9 Å². The first-order valence-corrected chi connectivity index (χ1v) is 7.87. The predicted molar refractivity (Wildman–Crippen MR) is 78.5 cm³/mol. The summed E-state index contributed by atoms with van der Waals surface area (Å²) in [6, 6.07) is 5.48. The van der Waals surface area contributed by atoms with Crippen molar-refractivity contribution < 1.29 is 9.53 Å². The molecule has 18 heavy (non-hydrogen) atoms. The van der Waals surface area contributed by atoms with Gasteiger partial charge in [-0.1, -0.05) is 0 Å². The molecule has 0 bridgehead atoms. The molecular weight excluding hydrogens is 314 g/mol. The second-order valence-electron chi connectivity index (χ2n) is 4.11. The Hall–Kier alpha value is -0.680. The van der Waals surface area contributed by atoms with Gasteiger partial charge in [-0.3, -0.25) is 4.79 Å². The third-order valence-electron chi connectivity index (χ3n) is 2.91. The summed E-state index contributed by atoms with van der Waals surface area (Å²) in [5.74, 6) is 3.04. The third kappa shape index (κ3) is 3.20. The van der Waals surface area contributed by atoms with Crippen LogP contribution in [0.2, 0.25) is 0 Å². The molecule has 98 valence electrons. The first-order valence-electron chi connectivity index (χ1n) is 5.93. The van der Waals surface area contributed by atoms with Crippen LogP contribution in [-0.4, -0.2) is 42.5 Å². The van der Waals surface area contributed by atoms with Gasteiger partial charge < -0.3 is 9.64 Å². The number of carbonyl (C=O) groups is 1. The van der Waals surface area contributed by atoms with E-state index >= 15 is 0 Å². The summed E-state index contributed by atoms with van der Waals surface area (Å²) in [5, 5.41) is 0. The zero-order chi connectivity index (χ0) is 13.0. The van der Waals surface area contributed by atoms with Crippen LogP contribution in [0.25, 0.3) is 0 Å². The summed E-state index contributed by atoms with van der Waals surface area (Å²) in [4.78, 5) is 14.3. The fourth-order valence-corrected chi connectivity index (χ4v) is 3.36. The number of benzene rings is 1. The largest absolute Gasteiger partial charge is 0.496 e. The molecule has 3 nitrogen and oxygen atoms in total. The molecule has 0 saturated carbocycles. The molecule has 1 aromatic rings. The van der Waals surface area contributed by atoms with Crippen LogP contribution in [0.3, 0.4) is 0 Å². The lowest BCUT2D eigenvalue weighted by atomic mass is 10.2. The first kappa shape index (κ1) is 13.7. The number of nitrogens with zero attached hydrogens (tertiary/aromatic N) is 1. The zero-order valence-corrected chi connectivity index (χ0v) is 12.7. The molecule has 1 fully saturated rings. The molecule has 1 aliphatic heterocycles. The molecule has 2 rings (SSSR count). The molecule has 0 unspecified atom stereocenters. The zero-order valence-electron chi connectivity index (χ0n) is 10.3. The minimum Gasteiger partial charge on any atom is -0.496 e. The maximum Gasteiger partial charge on any atom is 0.253 e. The highest BCUT2D eigenvalue weighted by atomic mass is 79.9. The lowest BCUT2D eigenvalue weighted by Crippen LogP contribution is -2.32. The Morgan fingerprint density at radius 1 is 1.39 bits per heavy atom. The van der Waals surface area contributed by atoms with Gasteiger partial charge in [-0.05, 0) is 46.3 Å². The summed E-state index contributed by atoms with van der Waals surface area (Å²) in [6.07, 6.45) is 1.08. The van der Waals surface area contributed by atoms with Crippen LogP contribution in [0.15, 0.2) is 22.7 Å². The number of methoxy groups -OCH3 is 1. The van der Waals surface area contributed by atoms with Crippen LogP contribution in [0.4, 0.5) is 0 Å². The fourth-order valence-electron chi connectivity index (χ4n) is 1.93. The van der Waals surface area contributed by atoms with Crippen molar-refractivity contribution in [1.82, 2.24) is 4.90 Å². The number of hydrogen-bond acceptors (Lipinski definition) is 3. The van der Waals surface area contributed by atoms with E-state index in [9.17, 15) is 4.79 Å². The lowest BCUT2D eigenvalue weighted by Gasteiger charge is -2.20. The second kappa shape index (κ2) is 6.48. The second-order valence-corrected chi connectivity index (χ2v) is 6.19. The van der Waals surface area contributed by atoms with Gasteiger partial charge in [0.2, 0.25) is 0 Å². The van der Waals surface area contributed by atoms with Crippen LogP contribution >= 0.6 is 27.7 Å². The van der Waals surface area contributed by atoms with E-state index in [2.05, 4.69) is 15.9 Å². The van der Waals surface area contributed by atoms with Crippen molar-refractivity contribution in [2.45, 2.75) is 6.42 Å². The van der Waals surface area contributed by atoms with Crippen molar-refractivity contribution >= 4 is 33.6 Å². The molecule has 5 heteroatoms. The maximum atomic E-state index is 12.4. The fraction of sp³-hybridized carbons (Fsp3) is 0.462. The van der Waals surface area contributed by atoms with Crippen LogP contribution < -0.4 is 4.74 Å². The lowest BCUT2D eigenvalue weighted by molar-refractivity contribution is 0.0768. The molecule has 0 aliphatic carbocycles. The number of amides is 1. The van der Waals surface area contributed by atoms with E-state index in [4.69, 9.17) is 4.74 Å². The van der Waals surface area contributed by atoms with Gasteiger partial charge in [0.15, 0.2) is 0 Å². The minimum atomic E-state index is 0.112. The normalized spacial score (nSPS) is 16.2. The smallest absolute Gasteiger partial charge is 0.253 e. The number of carbonyl (C=O) groups excluding carboxylic acids is 1. The number of ether oxygens (including phenoxy) is 1. The maximum absolute atomic E-state index is 12.4. The van der Waals surface area contributed by atoms with E-state index in [0.29, 0.717) is 0 Å². The molecule has 1 aromatic carbocycles. The van der Waals surface area contributed by atoms with Crippen molar-refractivity contribution in [3.8, 4) is 5.75 Å². The van der Waals surface area contributed by atoms with E-state index in [0.717, 1.165) is 46.8 Å². The minimum absolute atomic E-state index is 0.112. The topological polar surface area (TPSA) is 29.5 Å². The van der Waals surface area contributed by atoms with Gasteiger partial charge in [0.05, 0.1) is 11.6 Å². The van der Waals surface area contributed by atoms with Crippen molar-refractivity contribution in [2.75, 3.05) is 31.7 Å². The monoisotopic (exact) mass is 329 g/mol. The van der Waals surface area contributed by atoms with Gasteiger partial charge in [-0.25, -0.2) is 0 Å². The number of rotatable bonds is 2. The first-order chi connectivity index (χ1) is 8.72. The molecule has 0 atom stereocenters. The molecule has 1 heterocycles. The highest BCUT2D eigenvalue weighted by Gasteiger charge is 2.18. The van der Waals surface area contributed by atoms with Gasteiger partial charge in [0.1, 0.15) is 5.75 Å². The molecule has 1 amide bonds. The summed E-state index contributed by atoms with van der Waals surface area (Å²) in [6.45, 7) is 1.70. The highest BCUT2D eigenvalue weighted by Crippen LogP contribution is 2.26. The molecule has 0 radical (unpaired) electrons. The van der Waals surface area contributed by atoms with Crippen molar-refractivity contribution in [1.29, 1.82) is 0 Å². The average Bonchev–Trinajstić information content (AvgIpc) is 2.66. The molecular formula is C13H16BrNO2S. The molecule has 0 aromatic heterocycles. The van der Waals surface area contributed by atoms with Crippen LogP contribution in [0, 0.1) is 0 Å². The summed E-state index contributed by atoms with van der Waals surface area (Å²) in [7, 11) is 1.62. The molecule has 0 spiro atoms. The van der Waals surface area contributed by atoms with Crippen LogP contribution in [0.5, 0.6) is 5.75 Å². The Kier molecular flexibility index (Phi) is 4.95. The Balaban J connectivity index is 2.14. The third-order valence-corrected chi connectivity index (χ3v) is 4.58. The van der Waals surface area contributed by atoms with Gasteiger partial charge in [0.25, 0.3) is 5.91 Å². The van der Waals surface area contributed by atoms with E-state index in [1.165, 1.54) is 0 Å². The molecule has 1 saturated heterocycles. The summed E-state index contributed by atoms with van der Waals surface area (Å²) < 4.78 is 5.99. The van der Waals surface area contributed by atoms with Crippen molar-refractivity contribution in [2.24, 2.45) is 0 Å². The van der Waals surface area contributed by atoms with Gasteiger partial charge in [-0.2, -0.15) is 11.8 Å². The van der Waals surface area contributed by atoms with Crippen LogP contribution in [0.1, 0.15) is 16.8 Å². The Morgan fingerprint density at radius 3 is 2.94 bits per heavy atom. The summed E-state index contributed by atoms with van der Waals surface area (Å²) in [5.41, 5.74) is 0.717. The number of hydrogen-bond donors (Lipinski definition) is 0. The van der Waals surface area contributed by atoms with Gasteiger partial charge in [0, 0.05) is 24.4 Å².